The number of aromatic nitrogens is 1. The summed E-state index contributed by atoms with van der Waals surface area (Å²) in [5.74, 6) is 0.186. The lowest BCUT2D eigenvalue weighted by atomic mass is 10.1. The van der Waals surface area contributed by atoms with E-state index in [1.54, 1.807) is 13.0 Å². The molecule has 1 aliphatic heterocycles. The molecule has 0 bridgehead atoms. The van der Waals surface area contributed by atoms with Crippen LogP contribution >= 0.6 is 0 Å². The second kappa shape index (κ2) is 3.72. The number of rotatable bonds is 2. The van der Waals surface area contributed by atoms with E-state index in [2.05, 4.69) is 10.5 Å². The Morgan fingerprint density at radius 1 is 1.67 bits per heavy atom. The normalized spacial score (nSPS) is 21.7. The summed E-state index contributed by atoms with van der Waals surface area (Å²) in [6.45, 7) is 2.52. The molecule has 1 fully saturated rings. The Balaban J connectivity index is 2.03. The van der Waals surface area contributed by atoms with Gasteiger partial charge in [0.15, 0.2) is 5.76 Å². The molecule has 6 nitrogen and oxygen atoms in total. The van der Waals surface area contributed by atoms with Gasteiger partial charge in [0.2, 0.25) is 5.91 Å². The predicted molar refractivity (Wildman–Crippen MR) is 49.6 cm³/mol. The minimum atomic E-state index is -0.380. The maximum Gasteiger partial charge on any atom is 0.324 e. The standard InChI is InChI=1S/C9H11N3O3/c1-6-4-12(9(14)11-8(6)13)5-7-2-3-10-15-7/h2-3,6H,4-5H2,1H3,(H,11,13,14). The van der Waals surface area contributed by atoms with Gasteiger partial charge in [0.1, 0.15) is 0 Å². The molecule has 80 valence electrons. The van der Waals surface area contributed by atoms with Crippen molar-refractivity contribution in [1.82, 2.24) is 15.4 Å². The second-order valence-electron chi connectivity index (χ2n) is 3.55. The lowest BCUT2D eigenvalue weighted by Crippen LogP contribution is -2.53. The Labute approximate surface area is 86.2 Å². The molecule has 2 rings (SSSR count). The molecule has 1 saturated heterocycles. The molecule has 0 radical (unpaired) electrons. The van der Waals surface area contributed by atoms with Gasteiger partial charge in [-0.15, -0.1) is 0 Å². The number of nitrogens with zero attached hydrogens (tertiary/aromatic N) is 2. The third kappa shape index (κ3) is 1.98. The maximum atomic E-state index is 11.4. The Bertz CT molecular complexity index is 374. The van der Waals surface area contributed by atoms with E-state index in [4.69, 9.17) is 4.52 Å². The van der Waals surface area contributed by atoms with Crippen molar-refractivity contribution in [2.75, 3.05) is 6.54 Å². The lowest BCUT2D eigenvalue weighted by molar-refractivity contribution is -0.125. The highest BCUT2D eigenvalue weighted by Crippen LogP contribution is 2.11. The number of urea groups is 1. The Kier molecular flexibility index (Phi) is 2.40. The van der Waals surface area contributed by atoms with Crippen molar-refractivity contribution in [3.05, 3.63) is 18.0 Å². The lowest BCUT2D eigenvalue weighted by Gasteiger charge is -2.29. The zero-order valence-electron chi connectivity index (χ0n) is 8.27. The van der Waals surface area contributed by atoms with Crippen LogP contribution in [-0.4, -0.2) is 28.5 Å². The molecule has 0 spiro atoms. The van der Waals surface area contributed by atoms with Crippen molar-refractivity contribution in [2.45, 2.75) is 13.5 Å². The van der Waals surface area contributed by atoms with Gasteiger partial charge in [-0.1, -0.05) is 12.1 Å². The SMILES string of the molecule is CC1CN(Cc2ccno2)C(=O)NC1=O. The van der Waals surface area contributed by atoms with E-state index in [0.29, 0.717) is 18.8 Å². The van der Waals surface area contributed by atoms with Crippen LogP contribution < -0.4 is 5.32 Å². The summed E-state index contributed by atoms with van der Waals surface area (Å²) in [7, 11) is 0. The monoisotopic (exact) mass is 209 g/mol. The van der Waals surface area contributed by atoms with Gasteiger partial charge < -0.3 is 9.42 Å². The first-order chi connectivity index (χ1) is 7.16. The van der Waals surface area contributed by atoms with Gasteiger partial charge in [0, 0.05) is 12.6 Å². The number of nitrogens with one attached hydrogen (secondary N) is 1. The van der Waals surface area contributed by atoms with Gasteiger partial charge >= 0.3 is 6.03 Å². The van der Waals surface area contributed by atoms with Crippen LogP contribution in [0.1, 0.15) is 12.7 Å². The fraction of sp³-hybridized carbons (Fsp3) is 0.444. The Morgan fingerprint density at radius 2 is 2.47 bits per heavy atom. The van der Waals surface area contributed by atoms with Crippen LogP contribution in [0, 0.1) is 5.92 Å². The molecule has 1 aromatic heterocycles. The topological polar surface area (TPSA) is 75.4 Å². The van der Waals surface area contributed by atoms with Crippen LogP contribution in [0.25, 0.3) is 0 Å². The van der Waals surface area contributed by atoms with Crippen molar-refractivity contribution >= 4 is 11.9 Å². The number of amides is 3. The van der Waals surface area contributed by atoms with Crippen molar-refractivity contribution in [3.8, 4) is 0 Å². The second-order valence-corrected chi connectivity index (χ2v) is 3.55. The summed E-state index contributed by atoms with van der Waals surface area (Å²) >= 11 is 0. The highest BCUT2D eigenvalue weighted by molar-refractivity contribution is 5.97. The molecule has 1 atom stereocenters. The van der Waals surface area contributed by atoms with Gasteiger partial charge in [-0.2, -0.15) is 0 Å². The van der Waals surface area contributed by atoms with Crippen LogP contribution in [0.15, 0.2) is 16.8 Å². The smallest absolute Gasteiger partial charge is 0.324 e. The molecule has 0 aliphatic carbocycles. The molecule has 2 heterocycles. The van der Waals surface area contributed by atoms with Gasteiger partial charge in [0.05, 0.1) is 18.7 Å². The molecule has 0 aromatic carbocycles. The number of carbonyl (C=O) groups is 2. The van der Waals surface area contributed by atoms with Gasteiger partial charge in [-0.05, 0) is 0 Å². The van der Waals surface area contributed by atoms with Crippen LogP contribution in [0.4, 0.5) is 4.79 Å². The minimum Gasteiger partial charge on any atom is -0.360 e. The van der Waals surface area contributed by atoms with Gasteiger partial charge in [0.25, 0.3) is 0 Å². The molecule has 6 heteroatoms. The van der Waals surface area contributed by atoms with Crippen molar-refractivity contribution in [2.24, 2.45) is 5.92 Å². The predicted octanol–water partition coefficient (Wildman–Crippen LogP) is 0.362. The van der Waals surface area contributed by atoms with E-state index in [1.165, 1.54) is 11.1 Å². The van der Waals surface area contributed by atoms with Crippen molar-refractivity contribution in [3.63, 3.8) is 0 Å². The van der Waals surface area contributed by atoms with Gasteiger partial charge in [-0.3, -0.25) is 10.1 Å². The van der Waals surface area contributed by atoms with E-state index in [9.17, 15) is 9.59 Å². The maximum absolute atomic E-state index is 11.4. The van der Waals surface area contributed by atoms with E-state index in [0.717, 1.165) is 0 Å². The largest absolute Gasteiger partial charge is 0.360 e. The van der Waals surface area contributed by atoms with Crippen molar-refractivity contribution < 1.29 is 14.1 Å². The fourth-order valence-electron chi connectivity index (χ4n) is 1.45. The quantitative estimate of drug-likeness (QED) is 0.763. The highest BCUT2D eigenvalue weighted by atomic mass is 16.5. The average molecular weight is 209 g/mol. The molecular weight excluding hydrogens is 198 g/mol. The molecule has 1 aromatic rings. The number of hydrogen-bond donors (Lipinski definition) is 1. The molecule has 1 aliphatic rings. The first-order valence-corrected chi connectivity index (χ1v) is 4.66. The highest BCUT2D eigenvalue weighted by Gasteiger charge is 2.29. The third-order valence-electron chi connectivity index (χ3n) is 2.30. The number of hydrogen-bond acceptors (Lipinski definition) is 4. The first kappa shape index (κ1) is 9.70. The fourth-order valence-corrected chi connectivity index (χ4v) is 1.45. The van der Waals surface area contributed by atoms with E-state index in [-0.39, 0.29) is 17.9 Å². The Morgan fingerprint density at radius 3 is 3.13 bits per heavy atom. The van der Waals surface area contributed by atoms with Crippen LogP contribution in [0.2, 0.25) is 0 Å². The molecular formula is C9H11N3O3. The van der Waals surface area contributed by atoms with Crippen molar-refractivity contribution in [1.29, 1.82) is 0 Å². The van der Waals surface area contributed by atoms with Crippen LogP contribution in [-0.2, 0) is 11.3 Å². The van der Waals surface area contributed by atoms with Gasteiger partial charge in [-0.25, -0.2) is 4.79 Å². The van der Waals surface area contributed by atoms with E-state index < -0.39 is 0 Å². The average Bonchev–Trinajstić information content (AvgIpc) is 2.67. The van der Waals surface area contributed by atoms with Crippen LogP contribution in [0.5, 0.6) is 0 Å². The summed E-state index contributed by atoms with van der Waals surface area (Å²) in [4.78, 5) is 24.1. The van der Waals surface area contributed by atoms with Crippen LogP contribution in [0.3, 0.4) is 0 Å². The summed E-state index contributed by atoms with van der Waals surface area (Å²) in [6, 6.07) is 1.31. The molecule has 15 heavy (non-hydrogen) atoms. The molecule has 0 saturated carbocycles. The number of imide groups is 1. The summed E-state index contributed by atoms with van der Waals surface area (Å²) in [5, 5.41) is 5.82. The first-order valence-electron chi connectivity index (χ1n) is 4.66. The van der Waals surface area contributed by atoms with E-state index in [1.807, 2.05) is 0 Å². The minimum absolute atomic E-state index is 0.189. The number of carbonyl (C=O) groups excluding carboxylic acids is 2. The molecule has 1 unspecified atom stereocenters. The Hall–Kier alpha value is -1.85. The summed E-state index contributed by atoms with van der Waals surface area (Å²) < 4.78 is 4.89. The van der Waals surface area contributed by atoms with E-state index >= 15 is 0 Å². The molecule has 3 amide bonds. The molecule has 1 N–H and O–H groups in total. The zero-order valence-corrected chi connectivity index (χ0v) is 8.27. The summed E-state index contributed by atoms with van der Waals surface area (Å²) in [6.07, 6.45) is 1.52. The third-order valence-corrected chi connectivity index (χ3v) is 2.30. The zero-order chi connectivity index (χ0) is 10.8. The summed E-state index contributed by atoms with van der Waals surface area (Å²) in [5.41, 5.74) is 0.